The van der Waals surface area contributed by atoms with Gasteiger partial charge in [0.1, 0.15) is 11.8 Å². The van der Waals surface area contributed by atoms with Crippen LogP contribution < -0.4 is 0 Å². The Kier molecular flexibility index (Phi) is 4.40. The van der Waals surface area contributed by atoms with Gasteiger partial charge in [-0.15, -0.1) is 0 Å². The van der Waals surface area contributed by atoms with Crippen molar-refractivity contribution in [2.45, 2.75) is 65.0 Å². The molecule has 3 aliphatic carbocycles. The highest BCUT2D eigenvalue weighted by atomic mass is 32.2. The van der Waals surface area contributed by atoms with Crippen molar-refractivity contribution in [2.75, 3.05) is 11.5 Å². The number of carbonyl (C=O) groups excluding carboxylic acids is 2. The Labute approximate surface area is 160 Å². The molecule has 27 heavy (non-hydrogen) atoms. The molecule has 0 aromatic carbocycles. The number of hydrazone groups is 1. The van der Waals surface area contributed by atoms with Gasteiger partial charge in [0.25, 0.3) is 0 Å². The standard InChI is InChI=1S/C19H28N2O5S/c1-11-14-8-12(19(14,2)3)9-16(11)26-18(23)15-4-5-17(22)21(20-15)13-6-7-27(24,25)10-13/h11-14,16H,4-10H2,1-3H3/t11-,12+,13-,14+,16+/m1/s1. The van der Waals surface area contributed by atoms with Crippen LogP contribution in [0.5, 0.6) is 0 Å². The fourth-order valence-electron chi connectivity index (χ4n) is 5.44. The molecule has 0 N–H and O–H groups in total. The Morgan fingerprint density at radius 1 is 1.26 bits per heavy atom. The Hall–Kier alpha value is -1.44. The normalized spacial score (nSPS) is 39.5. The van der Waals surface area contributed by atoms with Gasteiger partial charge >= 0.3 is 5.97 Å². The van der Waals surface area contributed by atoms with Gasteiger partial charge in [-0.05, 0) is 42.4 Å². The van der Waals surface area contributed by atoms with Gasteiger partial charge < -0.3 is 4.74 Å². The highest BCUT2D eigenvalue weighted by Crippen LogP contribution is 2.61. The largest absolute Gasteiger partial charge is 0.458 e. The number of rotatable bonds is 3. The van der Waals surface area contributed by atoms with E-state index >= 15 is 0 Å². The van der Waals surface area contributed by atoms with Crippen LogP contribution in [0.4, 0.5) is 0 Å². The number of carbonyl (C=O) groups is 2. The fraction of sp³-hybridized carbons (Fsp3) is 0.842. The number of fused-ring (bicyclic) bond motifs is 2. The average Bonchev–Trinajstić information content (AvgIpc) is 2.96. The number of nitrogens with zero attached hydrogens (tertiary/aromatic N) is 2. The minimum Gasteiger partial charge on any atom is -0.458 e. The average molecular weight is 397 g/mol. The predicted molar refractivity (Wildman–Crippen MR) is 99.6 cm³/mol. The second-order valence-corrected chi connectivity index (χ2v) is 11.5. The minimum atomic E-state index is -3.13. The van der Waals surface area contributed by atoms with E-state index in [0.717, 1.165) is 6.42 Å². The molecule has 3 saturated carbocycles. The van der Waals surface area contributed by atoms with E-state index in [1.165, 1.54) is 11.4 Å². The number of esters is 1. The lowest BCUT2D eigenvalue weighted by atomic mass is 9.45. The van der Waals surface area contributed by atoms with Crippen LogP contribution >= 0.6 is 0 Å². The van der Waals surface area contributed by atoms with Gasteiger partial charge in [-0.3, -0.25) is 4.79 Å². The summed E-state index contributed by atoms with van der Waals surface area (Å²) in [7, 11) is -3.13. The zero-order valence-corrected chi connectivity index (χ0v) is 17.0. The first kappa shape index (κ1) is 18.9. The first-order chi connectivity index (χ1) is 12.6. The van der Waals surface area contributed by atoms with Gasteiger partial charge in [0.2, 0.25) is 5.91 Å². The van der Waals surface area contributed by atoms with Crippen molar-refractivity contribution in [3.8, 4) is 0 Å². The van der Waals surface area contributed by atoms with Gasteiger partial charge in [0, 0.05) is 12.8 Å². The van der Waals surface area contributed by atoms with E-state index < -0.39 is 21.8 Å². The Bertz CT molecular complexity index is 803. The van der Waals surface area contributed by atoms with E-state index in [0.29, 0.717) is 29.6 Å². The summed E-state index contributed by atoms with van der Waals surface area (Å²) in [5.41, 5.74) is 0.562. The van der Waals surface area contributed by atoms with Gasteiger partial charge in [-0.2, -0.15) is 5.10 Å². The Morgan fingerprint density at radius 3 is 2.59 bits per heavy atom. The minimum absolute atomic E-state index is 0.0644. The molecule has 0 aromatic heterocycles. The molecule has 5 aliphatic rings. The lowest BCUT2D eigenvalue weighted by Crippen LogP contribution is -2.57. The summed E-state index contributed by atoms with van der Waals surface area (Å²) in [6.07, 6.45) is 2.79. The van der Waals surface area contributed by atoms with Crippen molar-refractivity contribution in [2.24, 2.45) is 28.3 Å². The van der Waals surface area contributed by atoms with Crippen molar-refractivity contribution in [3.63, 3.8) is 0 Å². The molecule has 0 unspecified atom stereocenters. The van der Waals surface area contributed by atoms with E-state index in [-0.39, 0.29) is 42.1 Å². The van der Waals surface area contributed by atoms with Crippen molar-refractivity contribution in [3.05, 3.63) is 0 Å². The molecule has 0 spiro atoms. The predicted octanol–water partition coefficient (Wildman–Crippen LogP) is 1.77. The van der Waals surface area contributed by atoms with Crippen LogP contribution in [0.2, 0.25) is 0 Å². The molecule has 2 aliphatic heterocycles. The zero-order chi connectivity index (χ0) is 19.6. The summed E-state index contributed by atoms with van der Waals surface area (Å²) in [5, 5.41) is 5.44. The quantitative estimate of drug-likeness (QED) is 0.678. The number of hydrogen-bond acceptors (Lipinski definition) is 6. The fourth-order valence-corrected chi connectivity index (χ4v) is 7.13. The maximum Gasteiger partial charge on any atom is 0.354 e. The molecule has 0 aromatic rings. The summed E-state index contributed by atoms with van der Waals surface area (Å²) in [5.74, 6) is 0.788. The van der Waals surface area contributed by atoms with Gasteiger partial charge in [-0.1, -0.05) is 20.8 Å². The molecule has 1 saturated heterocycles. The van der Waals surface area contributed by atoms with E-state index in [1.807, 2.05) is 0 Å². The number of ether oxygens (including phenoxy) is 1. The van der Waals surface area contributed by atoms with Gasteiger partial charge in [0.15, 0.2) is 9.84 Å². The third-order valence-corrected chi connectivity index (χ3v) is 9.14. The van der Waals surface area contributed by atoms with E-state index in [4.69, 9.17) is 4.74 Å². The Morgan fingerprint density at radius 2 is 2.00 bits per heavy atom. The van der Waals surface area contributed by atoms with E-state index in [1.54, 1.807) is 0 Å². The molecule has 8 heteroatoms. The van der Waals surface area contributed by atoms with Crippen molar-refractivity contribution in [1.29, 1.82) is 0 Å². The number of amides is 1. The summed E-state index contributed by atoms with van der Waals surface area (Å²) < 4.78 is 29.2. The second kappa shape index (κ2) is 6.29. The van der Waals surface area contributed by atoms with Crippen molar-refractivity contribution < 1.29 is 22.7 Å². The van der Waals surface area contributed by atoms with E-state index in [9.17, 15) is 18.0 Å². The molecule has 150 valence electrons. The summed E-state index contributed by atoms with van der Waals surface area (Å²) in [6, 6.07) is -0.465. The third-order valence-electron chi connectivity index (χ3n) is 7.39. The molecular formula is C19H28N2O5S. The van der Waals surface area contributed by atoms with Gasteiger partial charge in [0.05, 0.1) is 17.5 Å². The molecule has 4 fully saturated rings. The second-order valence-electron chi connectivity index (χ2n) is 9.24. The van der Waals surface area contributed by atoms with Crippen LogP contribution in [0, 0.1) is 23.2 Å². The lowest BCUT2D eigenvalue weighted by molar-refractivity contribution is -0.180. The monoisotopic (exact) mass is 396 g/mol. The summed E-state index contributed by atoms with van der Waals surface area (Å²) in [6.45, 7) is 6.75. The topological polar surface area (TPSA) is 93.1 Å². The highest BCUT2D eigenvalue weighted by Gasteiger charge is 2.57. The van der Waals surface area contributed by atoms with Crippen LogP contribution in [0.25, 0.3) is 0 Å². The molecule has 2 heterocycles. The first-order valence-corrected chi connectivity index (χ1v) is 11.7. The van der Waals surface area contributed by atoms with Crippen molar-refractivity contribution >= 4 is 27.4 Å². The maximum absolute atomic E-state index is 12.7. The molecule has 0 radical (unpaired) electrons. The molecule has 2 bridgehead atoms. The third kappa shape index (κ3) is 3.19. The smallest absolute Gasteiger partial charge is 0.354 e. The van der Waals surface area contributed by atoms with Gasteiger partial charge in [-0.25, -0.2) is 18.2 Å². The first-order valence-electron chi connectivity index (χ1n) is 9.89. The van der Waals surface area contributed by atoms with Crippen LogP contribution in [-0.2, 0) is 24.2 Å². The molecule has 1 amide bonds. The highest BCUT2D eigenvalue weighted by molar-refractivity contribution is 7.91. The van der Waals surface area contributed by atoms with Crippen LogP contribution in [-0.4, -0.2) is 54.7 Å². The number of hydrogen-bond donors (Lipinski definition) is 0. The maximum atomic E-state index is 12.7. The van der Waals surface area contributed by atoms with Crippen LogP contribution in [0.1, 0.15) is 52.9 Å². The zero-order valence-electron chi connectivity index (χ0n) is 16.2. The molecule has 7 nitrogen and oxygen atoms in total. The lowest BCUT2D eigenvalue weighted by Gasteiger charge is -2.61. The Balaban J connectivity index is 1.44. The number of sulfone groups is 1. The SMILES string of the molecule is C[C@H]1[C@@H](OC(=O)C2=NN([C@@H]3CCS(=O)(=O)C3)C(=O)CC2)C[C@@H]2C[C@@H]1C2(C)C. The van der Waals surface area contributed by atoms with E-state index in [2.05, 4.69) is 25.9 Å². The van der Waals surface area contributed by atoms with Crippen molar-refractivity contribution in [1.82, 2.24) is 5.01 Å². The molecular weight excluding hydrogens is 368 g/mol. The molecule has 5 atom stereocenters. The molecule has 5 rings (SSSR count). The van der Waals surface area contributed by atoms with Crippen LogP contribution in [0.3, 0.4) is 0 Å². The summed E-state index contributed by atoms with van der Waals surface area (Å²) >= 11 is 0. The summed E-state index contributed by atoms with van der Waals surface area (Å²) in [4.78, 5) is 24.9. The van der Waals surface area contributed by atoms with Crippen LogP contribution in [0.15, 0.2) is 5.10 Å².